The largest absolute Gasteiger partial charge is 0.449 e. The number of aryl methyl sites for hydroxylation is 2. The number of rotatable bonds is 5. The minimum absolute atomic E-state index is 0.300. The first kappa shape index (κ1) is 16.8. The quantitative estimate of drug-likeness (QED) is 0.763. The highest BCUT2D eigenvalue weighted by molar-refractivity contribution is 6.08. The van der Waals surface area contributed by atoms with Gasteiger partial charge < -0.3 is 19.2 Å². The number of amides is 1. The van der Waals surface area contributed by atoms with Crippen LogP contribution in [0.4, 0.5) is 11.4 Å². The smallest absolute Gasteiger partial charge is 0.261 e. The Morgan fingerprint density at radius 3 is 2.56 bits per heavy atom. The molecule has 0 fully saturated rings. The zero-order chi connectivity index (χ0) is 18.0. The summed E-state index contributed by atoms with van der Waals surface area (Å²) >= 11 is 0. The Kier molecular flexibility index (Phi) is 4.56. The second kappa shape index (κ2) is 6.80. The average molecular weight is 340 g/mol. The SMILES string of the molecule is CCN(C)c1ccc(NC(=O)c2c(-c3coc(C)n3)noc2C)cc1. The Balaban J connectivity index is 1.83. The van der Waals surface area contributed by atoms with Crippen molar-refractivity contribution in [3.05, 3.63) is 47.7 Å². The van der Waals surface area contributed by atoms with E-state index in [0.717, 1.165) is 12.2 Å². The summed E-state index contributed by atoms with van der Waals surface area (Å²) in [5, 5.41) is 6.82. The maximum Gasteiger partial charge on any atom is 0.261 e. The number of benzene rings is 1. The molecule has 2 heterocycles. The molecule has 0 saturated heterocycles. The Morgan fingerprint density at radius 2 is 1.96 bits per heavy atom. The van der Waals surface area contributed by atoms with Gasteiger partial charge in [0.1, 0.15) is 29.0 Å². The van der Waals surface area contributed by atoms with Gasteiger partial charge in [0.25, 0.3) is 5.91 Å². The Bertz CT molecular complexity index is 880. The topological polar surface area (TPSA) is 84.4 Å². The molecule has 1 amide bonds. The van der Waals surface area contributed by atoms with Gasteiger partial charge in [-0.3, -0.25) is 4.79 Å². The number of hydrogen-bond donors (Lipinski definition) is 1. The monoisotopic (exact) mass is 340 g/mol. The van der Waals surface area contributed by atoms with E-state index in [1.807, 2.05) is 31.3 Å². The molecule has 0 aliphatic rings. The van der Waals surface area contributed by atoms with Crippen molar-refractivity contribution in [3.63, 3.8) is 0 Å². The molecule has 0 radical (unpaired) electrons. The van der Waals surface area contributed by atoms with Gasteiger partial charge >= 0.3 is 0 Å². The van der Waals surface area contributed by atoms with E-state index < -0.39 is 0 Å². The van der Waals surface area contributed by atoms with Gasteiger partial charge in [-0.25, -0.2) is 4.98 Å². The van der Waals surface area contributed by atoms with Gasteiger partial charge in [-0.15, -0.1) is 0 Å². The minimum atomic E-state index is -0.300. The molecule has 0 aliphatic heterocycles. The van der Waals surface area contributed by atoms with Crippen molar-refractivity contribution >= 4 is 17.3 Å². The molecule has 1 aromatic carbocycles. The molecule has 3 aromatic rings. The molecule has 2 aromatic heterocycles. The molecule has 0 spiro atoms. The molecule has 130 valence electrons. The fraction of sp³-hybridized carbons (Fsp3) is 0.278. The molecule has 7 nitrogen and oxygen atoms in total. The Morgan fingerprint density at radius 1 is 1.24 bits per heavy atom. The average Bonchev–Trinajstić information content (AvgIpc) is 3.20. The van der Waals surface area contributed by atoms with E-state index >= 15 is 0 Å². The van der Waals surface area contributed by atoms with Crippen molar-refractivity contribution in [2.45, 2.75) is 20.8 Å². The standard InChI is InChI=1S/C18H20N4O3/c1-5-22(4)14-8-6-13(7-9-14)20-18(23)16-11(2)25-21-17(16)15-10-24-12(3)19-15/h6-10H,5H2,1-4H3,(H,20,23). The lowest BCUT2D eigenvalue weighted by atomic mass is 10.1. The van der Waals surface area contributed by atoms with E-state index in [-0.39, 0.29) is 5.91 Å². The number of hydrogen-bond acceptors (Lipinski definition) is 6. The summed E-state index contributed by atoms with van der Waals surface area (Å²) in [6.07, 6.45) is 1.46. The van der Waals surface area contributed by atoms with Gasteiger partial charge in [-0.2, -0.15) is 0 Å². The zero-order valence-corrected chi connectivity index (χ0v) is 14.7. The van der Waals surface area contributed by atoms with Crippen LogP contribution < -0.4 is 10.2 Å². The molecular weight excluding hydrogens is 320 g/mol. The first-order valence-electron chi connectivity index (χ1n) is 8.01. The lowest BCUT2D eigenvalue weighted by Crippen LogP contribution is -2.16. The van der Waals surface area contributed by atoms with Crippen LogP contribution in [0.5, 0.6) is 0 Å². The zero-order valence-electron chi connectivity index (χ0n) is 14.7. The van der Waals surface area contributed by atoms with Crippen LogP contribution >= 0.6 is 0 Å². The number of aromatic nitrogens is 2. The first-order chi connectivity index (χ1) is 12.0. The van der Waals surface area contributed by atoms with E-state index in [4.69, 9.17) is 8.94 Å². The molecule has 0 aliphatic carbocycles. The van der Waals surface area contributed by atoms with Crippen molar-refractivity contribution in [2.24, 2.45) is 0 Å². The highest BCUT2D eigenvalue weighted by Crippen LogP contribution is 2.26. The summed E-state index contributed by atoms with van der Waals surface area (Å²) in [6.45, 7) is 6.41. The van der Waals surface area contributed by atoms with Gasteiger partial charge in [0.05, 0.1) is 0 Å². The summed E-state index contributed by atoms with van der Waals surface area (Å²) in [7, 11) is 2.01. The van der Waals surface area contributed by atoms with Crippen molar-refractivity contribution in [1.82, 2.24) is 10.1 Å². The van der Waals surface area contributed by atoms with Gasteiger partial charge in [0, 0.05) is 31.9 Å². The number of anilines is 2. The highest BCUT2D eigenvalue weighted by atomic mass is 16.5. The predicted molar refractivity (Wildman–Crippen MR) is 94.8 cm³/mol. The molecule has 0 unspecified atom stereocenters. The van der Waals surface area contributed by atoms with Crippen LogP contribution in [0.1, 0.15) is 28.9 Å². The lowest BCUT2D eigenvalue weighted by Gasteiger charge is -2.17. The second-order valence-electron chi connectivity index (χ2n) is 5.73. The van der Waals surface area contributed by atoms with Gasteiger partial charge in [0.15, 0.2) is 5.89 Å². The molecule has 3 rings (SSSR count). The molecule has 0 bridgehead atoms. The predicted octanol–water partition coefficient (Wildman–Crippen LogP) is 3.65. The molecular formula is C18H20N4O3. The summed E-state index contributed by atoms with van der Waals surface area (Å²) in [6, 6.07) is 7.65. The van der Waals surface area contributed by atoms with Crippen molar-refractivity contribution < 1.29 is 13.7 Å². The fourth-order valence-corrected chi connectivity index (χ4v) is 2.46. The highest BCUT2D eigenvalue weighted by Gasteiger charge is 2.23. The first-order valence-corrected chi connectivity index (χ1v) is 8.01. The lowest BCUT2D eigenvalue weighted by molar-refractivity contribution is 0.102. The third-order valence-electron chi connectivity index (χ3n) is 3.99. The van der Waals surface area contributed by atoms with E-state index in [9.17, 15) is 4.79 Å². The van der Waals surface area contributed by atoms with Gasteiger partial charge in [-0.05, 0) is 38.1 Å². The summed E-state index contributed by atoms with van der Waals surface area (Å²) in [5.41, 5.74) is 2.97. The Labute approximate surface area is 145 Å². The van der Waals surface area contributed by atoms with Crippen LogP contribution in [0, 0.1) is 13.8 Å². The summed E-state index contributed by atoms with van der Waals surface area (Å²) < 4.78 is 10.4. The number of nitrogens with one attached hydrogen (secondary N) is 1. The van der Waals surface area contributed by atoms with Crippen molar-refractivity contribution in [1.29, 1.82) is 0 Å². The molecule has 7 heteroatoms. The molecule has 25 heavy (non-hydrogen) atoms. The number of carbonyl (C=O) groups excluding carboxylic acids is 1. The van der Waals surface area contributed by atoms with Crippen LogP contribution in [0.2, 0.25) is 0 Å². The maximum absolute atomic E-state index is 12.7. The third kappa shape index (κ3) is 3.40. The van der Waals surface area contributed by atoms with E-state index in [1.54, 1.807) is 13.8 Å². The number of oxazole rings is 1. The van der Waals surface area contributed by atoms with Gasteiger partial charge in [-0.1, -0.05) is 5.16 Å². The van der Waals surface area contributed by atoms with Crippen molar-refractivity contribution in [3.8, 4) is 11.4 Å². The number of nitrogens with zero attached hydrogens (tertiary/aromatic N) is 3. The summed E-state index contributed by atoms with van der Waals surface area (Å²) in [4.78, 5) is 19.0. The van der Waals surface area contributed by atoms with E-state index in [1.165, 1.54) is 6.26 Å². The van der Waals surface area contributed by atoms with Crippen LogP contribution in [0.15, 0.2) is 39.5 Å². The third-order valence-corrected chi connectivity index (χ3v) is 3.99. The molecule has 0 saturated carbocycles. The minimum Gasteiger partial charge on any atom is -0.449 e. The van der Waals surface area contributed by atoms with Crippen LogP contribution in [-0.2, 0) is 0 Å². The van der Waals surface area contributed by atoms with Crippen molar-refractivity contribution in [2.75, 3.05) is 23.8 Å². The van der Waals surface area contributed by atoms with E-state index in [2.05, 4.69) is 27.3 Å². The van der Waals surface area contributed by atoms with Crippen LogP contribution in [0.25, 0.3) is 11.4 Å². The maximum atomic E-state index is 12.7. The molecule has 0 atom stereocenters. The summed E-state index contributed by atoms with van der Waals surface area (Å²) in [5.74, 6) is 0.624. The van der Waals surface area contributed by atoms with Crippen LogP contribution in [-0.4, -0.2) is 29.6 Å². The normalized spacial score (nSPS) is 10.7. The second-order valence-corrected chi connectivity index (χ2v) is 5.73. The fourth-order valence-electron chi connectivity index (χ4n) is 2.46. The van der Waals surface area contributed by atoms with Gasteiger partial charge in [0.2, 0.25) is 0 Å². The Hall–Kier alpha value is -3.09. The molecule has 1 N–H and O–H groups in total. The number of carbonyl (C=O) groups is 1. The van der Waals surface area contributed by atoms with Crippen LogP contribution in [0.3, 0.4) is 0 Å². The van der Waals surface area contributed by atoms with E-state index in [0.29, 0.717) is 34.3 Å².